The molecule has 29 heavy (non-hydrogen) atoms. The standard InChI is InChI=1S/C23H16N2O4/c26-20(15-9-3-1-4-10-15)21(16-11-5-2-6-12-16)29-23(28)19-17-13-7-8-14-18(17)22(27)25-24-19/h1-14,21H,(H,25,27)/t21-/m0/s1. The molecule has 0 spiro atoms. The molecule has 0 saturated carbocycles. The fraction of sp³-hybridized carbons (Fsp3) is 0.0435. The van der Waals surface area contributed by atoms with Gasteiger partial charge in [-0.1, -0.05) is 78.9 Å². The topological polar surface area (TPSA) is 89.1 Å². The van der Waals surface area contributed by atoms with Gasteiger partial charge in [0.25, 0.3) is 5.56 Å². The fourth-order valence-electron chi connectivity index (χ4n) is 3.09. The van der Waals surface area contributed by atoms with Gasteiger partial charge in [0.1, 0.15) is 0 Å². The molecule has 0 bridgehead atoms. The summed E-state index contributed by atoms with van der Waals surface area (Å²) in [5, 5.41) is 6.85. The molecule has 1 aromatic heterocycles. The number of benzene rings is 3. The Labute approximate surface area is 165 Å². The lowest BCUT2D eigenvalue weighted by Gasteiger charge is -2.17. The maximum Gasteiger partial charge on any atom is 0.360 e. The van der Waals surface area contributed by atoms with E-state index < -0.39 is 17.6 Å². The average Bonchev–Trinajstić information content (AvgIpc) is 2.78. The van der Waals surface area contributed by atoms with Gasteiger partial charge in [-0.25, -0.2) is 9.89 Å². The van der Waals surface area contributed by atoms with E-state index in [0.717, 1.165) is 0 Å². The minimum absolute atomic E-state index is 0.0537. The number of carbonyl (C=O) groups excluding carboxylic acids is 2. The van der Waals surface area contributed by atoms with Gasteiger partial charge in [0, 0.05) is 16.5 Å². The highest BCUT2D eigenvalue weighted by Crippen LogP contribution is 2.25. The van der Waals surface area contributed by atoms with Crippen molar-refractivity contribution in [2.24, 2.45) is 0 Å². The highest BCUT2D eigenvalue weighted by molar-refractivity contribution is 6.05. The summed E-state index contributed by atoms with van der Waals surface area (Å²) >= 11 is 0. The lowest BCUT2D eigenvalue weighted by atomic mass is 10.00. The third-order valence-electron chi connectivity index (χ3n) is 4.51. The number of Topliss-reactive ketones (excluding diaryl/α,β-unsaturated/α-hetero) is 1. The van der Waals surface area contributed by atoms with Gasteiger partial charge in [0.2, 0.25) is 5.78 Å². The van der Waals surface area contributed by atoms with Crippen molar-refractivity contribution in [3.63, 3.8) is 0 Å². The zero-order chi connectivity index (χ0) is 20.2. The molecule has 1 N–H and O–H groups in total. The minimum Gasteiger partial charge on any atom is -0.444 e. The number of H-pyrrole nitrogens is 1. The van der Waals surface area contributed by atoms with Gasteiger partial charge >= 0.3 is 5.97 Å². The van der Waals surface area contributed by atoms with Crippen LogP contribution < -0.4 is 5.56 Å². The van der Waals surface area contributed by atoms with E-state index in [2.05, 4.69) is 10.2 Å². The summed E-state index contributed by atoms with van der Waals surface area (Å²) < 4.78 is 5.61. The number of aromatic nitrogens is 2. The summed E-state index contributed by atoms with van der Waals surface area (Å²) in [6, 6.07) is 24.0. The van der Waals surface area contributed by atoms with Crippen LogP contribution in [-0.2, 0) is 4.74 Å². The normalized spacial score (nSPS) is 11.7. The number of hydrogen-bond donors (Lipinski definition) is 1. The molecule has 0 saturated heterocycles. The van der Waals surface area contributed by atoms with Crippen molar-refractivity contribution in [3.05, 3.63) is 112 Å². The van der Waals surface area contributed by atoms with Crippen LogP contribution in [-0.4, -0.2) is 21.9 Å². The minimum atomic E-state index is -1.14. The number of ether oxygens (including phenoxy) is 1. The van der Waals surface area contributed by atoms with Gasteiger partial charge in [-0.3, -0.25) is 9.59 Å². The van der Waals surface area contributed by atoms with Crippen LogP contribution in [0.2, 0.25) is 0 Å². The van der Waals surface area contributed by atoms with Crippen molar-refractivity contribution >= 4 is 22.5 Å². The third-order valence-corrected chi connectivity index (χ3v) is 4.51. The number of aromatic amines is 1. The van der Waals surface area contributed by atoms with E-state index in [1.807, 2.05) is 6.07 Å². The van der Waals surface area contributed by atoms with Crippen LogP contribution in [0.3, 0.4) is 0 Å². The van der Waals surface area contributed by atoms with E-state index in [1.54, 1.807) is 78.9 Å². The van der Waals surface area contributed by atoms with E-state index in [4.69, 9.17) is 4.74 Å². The van der Waals surface area contributed by atoms with Crippen molar-refractivity contribution in [1.29, 1.82) is 0 Å². The number of fused-ring (bicyclic) bond motifs is 1. The van der Waals surface area contributed by atoms with Crippen molar-refractivity contribution in [2.75, 3.05) is 0 Å². The molecule has 6 nitrogen and oxygen atoms in total. The van der Waals surface area contributed by atoms with Crippen LogP contribution >= 0.6 is 0 Å². The second-order valence-corrected chi connectivity index (χ2v) is 6.37. The second kappa shape index (κ2) is 7.90. The van der Waals surface area contributed by atoms with Gasteiger partial charge in [0.15, 0.2) is 11.8 Å². The third kappa shape index (κ3) is 3.68. The van der Waals surface area contributed by atoms with Gasteiger partial charge in [-0.05, 0) is 6.07 Å². The van der Waals surface area contributed by atoms with E-state index in [-0.39, 0.29) is 11.5 Å². The maximum absolute atomic E-state index is 13.1. The lowest BCUT2D eigenvalue weighted by molar-refractivity contribution is 0.0275. The number of rotatable bonds is 5. The van der Waals surface area contributed by atoms with E-state index >= 15 is 0 Å². The molecule has 4 rings (SSSR count). The van der Waals surface area contributed by atoms with Gasteiger partial charge in [0.05, 0.1) is 5.39 Å². The molecule has 142 valence electrons. The number of esters is 1. The Morgan fingerprint density at radius 2 is 1.38 bits per heavy atom. The Bertz CT molecular complexity index is 1230. The van der Waals surface area contributed by atoms with Crippen molar-refractivity contribution in [2.45, 2.75) is 6.10 Å². The van der Waals surface area contributed by atoms with E-state index in [1.165, 1.54) is 0 Å². The van der Waals surface area contributed by atoms with E-state index in [9.17, 15) is 14.4 Å². The highest BCUT2D eigenvalue weighted by atomic mass is 16.5. The number of carbonyl (C=O) groups is 2. The summed E-state index contributed by atoms with van der Waals surface area (Å²) in [7, 11) is 0. The molecular formula is C23H16N2O4. The van der Waals surface area contributed by atoms with E-state index in [0.29, 0.717) is 21.9 Å². The number of ketones is 1. The molecule has 4 aromatic rings. The smallest absolute Gasteiger partial charge is 0.360 e. The molecule has 0 aliphatic heterocycles. The molecule has 1 heterocycles. The predicted molar refractivity (Wildman–Crippen MR) is 108 cm³/mol. The Hall–Kier alpha value is -4.06. The van der Waals surface area contributed by atoms with Gasteiger partial charge < -0.3 is 4.74 Å². The SMILES string of the molecule is O=C(O[C@H](C(=O)c1ccccc1)c1ccccc1)c1n[nH]c(=O)c2ccccc12. The molecule has 1 atom stereocenters. The van der Waals surface area contributed by atoms with Crippen molar-refractivity contribution in [3.8, 4) is 0 Å². The molecule has 0 aliphatic carbocycles. The summed E-state index contributed by atoms with van der Waals surface area (Å²) in [4.78, 5) is 38.0. The summed E-state index contributed by atoms with van der Waals surface area (Å²) in [6.45, 7) is 0. The zero-order valence-corrected chi connectivity index (χ0v) is 15.2. The van der Waals surface area contributed by atoms with Crippen molar-refractivity contribution < 1.29 is 14.3 Å². The lowest BCUT2D eigenvalue weighted by Crippen LogP contribution is -2.22. The Kier molecular flexibility index (Phi) is 4.99. The van der Waals surface area contributed by atoms with Crippen molar-refractivity contribution in [1.82, 2.24) is 10.2 Å². The zero-order valence-electron chi connectivity index (χ0n) is 15.2. The van der Waals surface area contributed by atoms with Gasteiger partial charge in [-0.15, -0.1) is 0 Å². The molecule has 0 amide bonds. The first-order chi connectivity index (χ1) is 14.1. The molecule has 6 heteroatoms. The molecule has 0 unspecified atom stereocenters. The average molecular weight is 384 g/mol. The molecule has 0 fully saturated rings. The first-order valence-electron chi connectivity index (χ1n) is 8.98. The number of hydrogen-bond acceptors (Lipinski definition) is 5. The molecule has 3 aromatic carbocycles. The van der Waals surface area contributed by atoms with Crippen LogP contribution in [0.15, 0.2) is 89.7 Å². The molecular weight excluding hydrogens is 368 g/mol. The Morgan fingerprint density at radius 3 is 2.07 bits per heavy atom. The Balaban J connectivity index is 1.74. The van der Waals surface area contributed by atoms with Gasteiger partial charge in [-0.2, -0.15) is 5.10 Å². The summed E-state index contributed by atoms with van der Waals surface area (Å²) in [5.74, 6) is -1.14. The van der Waals surface area contributed by atoms with Crippen LogP contribution in [0.1, 0.15) is 32.5 Å². The quantitative estimate of drug-likeness (QED) is 0.419. The first kappa shape index (κ1) is 18.3. The highest BCUT2D eigenvalue weighted by Gasteiger charge is 2.28. The second-order valence-electron chi connectivity index (χ2n) is 6.37. The molecule has 0 aliphatic rings. The Morgan fingerprint density at radius 1 is 0.793 bits per heavy atom. The predicted octanol–water partition coefficient (Wildman–Crippen LogP) is 3.70. The van der Waals surface area contributed by atoms with Crippen LogP contribution in [0.5, 0.6) is 0 Å². The first-order valence-corrected chi connectivity index (χ1v) is 8.98. The van der Waals surface area contributed by atoms with Crippen LogP contribution in [0, 0.1) is 0 Å². The monoisotopic (exact) mass is 384 g/mol. The summed E-state index contributed by atoms with van der Waals surface area (Å²) in [6.07, 6.45) is -1.14. The van der Waals surface area contributed by atoms with Crippen LogP contribution in [0.25, 0.3) is 10.8 Å². The summed E-state index contributed by atoms with van der Waals surface area (Å²) in [5.41, 5.74) is 0.510. The molecule has 0 radical (unpaired) electrons. The number of nitrogens with zero attached hydrogens (tertiary/aromatic N) is 1. The fourth-order valence-corrected chi connectivity index (χ4v) is 3.09. The largest absolute Gasteiger partial charge is 0.444 e. The maximum atomic E-state index is 13.1. The number of nitrogens with one attached hydrogen (secondary N) is 1. The van der Waals surface area contributed by atoms with Crippen LogP contribution in [0.4, 0.5) is 0 Å².